The molecule has 0 aromatic rings. The standard InChI is InChI=1S/C20H40N4O2S.C2H6/c1-4-21-9-5-19(6-10-21)17-22-13-15-23(16-14-22)20-7-11-24(12-8-20)27(25,26)18(2)3;1-2/h18-20H,4-17H2,1-3H3;1-2H3. The first-order chi connectivity index (χ1) is 13.9. The zero-order valence-corrected chi connectivity index (χ0v) is 20.5. The number of piperazine rings is 1. The van der Waals surface area contributed by atoms with Gasteiger partial charge >= 0.3 is 0 Å². The van der Waals surface area contributed by atoms with Crippen LogP contribution in [0.3, 0.4) is 0 Å². The summed E-state index contributed by atoms with van der Waals surface area (Å²) in [6, 6.07) is 0.568. The fourth-order valence-electron chi connectivity index (χ4n) is 4.92. The van der Waals surface area contributed by atoms with E-state index in [-0.39, 0.29) is 5.25 Å². The van der Waals surface area contributed by atoms with Gasteiger partial charge in [-0.05, 0) is 65.1 Å². The maximum Gasteiger partial charge on any atom is 0.216 e. The minimum atomic E-state index is -3.08. The van der Waals surface area contributed by atoms with E-state index in [0.29, 0.717) is 19.1 Å². The van der Waals surface area contributed by atoms with Gasteiger partial charge < -0.3 is 9.80 Å². The molecule has 0 spiro atoms. The molecule has 0 aromatic carbocycles. The van der Waals surface area contributed by atoms with Gasteiger partial charge in [-0.1, -0.05) is 20.8 Å². The van der Waals surface area contributed by atoms with Crippen molar-refractivity contribution < 1.29 is 8.42 Å². The molecule has 7 heteroatoms. The molecule has 3 saturated heterocycles. The number of sulfonamides is 1. The maximum absolute atomic E-state index is 12.3. The summed E-state index contributed by atoms with van der Waals surface area (Å²) in [4.78, 5) is 7.86. The molecule has 3 aliphatic rings. The largest absolute Gasteiger partial charge is 0.304 e. The summed E-state index contributed by atoms with van der Waals surface area (Å²) in [5.74, 6) is 0.879. The SMILES string of the molecule is CC.CCN1CCC(CN2CCN(C3CCN(S(=O)(=O)C(C)C)CC3)CC2)CC1. The van der Waals surface area contributed by atoms with E-state index in [9.17, 15) is 8.42 Å². The van der Waals surface area contributed by atoms with Crippen molar-refractivity contribution in [1.82, 2.24) is 19.0 Å². The monoisotopic (exact) mass is 430 g/mol. The summed E-state index contributed by atoms with van der Waals surface area (Å²) in [5, 5.41) is -0.304. The van der Waals surface area contributed by atoms with Crippen LogP contribution in [0, 0.1) is 5.92 Å². The molecule has 3 rings (SSSR count). The molecule has 0 atom stereocenters. The van der Waals surface area contributed by atoms with Gasteiger partial charge in [0.15, 0.2) is 0 Å². The Morgan fingerprint density at radius 3 is 1.83 bits per heavy atom. The van der Waals surface area contributed by atoms with Crippen molar-refractivity contribution in [3.63, 3.8) is 0 Å². The average Bonchev–Trinajstić information content (AvgIpc) is 2.76. The molecule has 0 unspecified atom stereocenters. The highest BCUT2D eigenvalue weighted by Crippen LogP contribution is 2.23. The highest BCUT2D eigenvalue weighted by molar-refractivity contribution is 7.89. The molecule has 29 heavy (non-hydrogen) atoms. The van der Waals surface area contributed by atoms with Gasteiger partial charge in [0, 0.05) is 51.9 Å². The van der Waals surface area contributed by atoms with Crippen LogP contribution in [0.4, 0.5) is 0 Å². The highest BCUT2D eigenvalue weighted by atomic mass is 32.2. The molecule has 0 radical (unpaired) electrons. The van der Waals surface area contributed by atoms with Gasteiger partial charge in [-0.3, -0.25) is 4.90 Å². The summed E-state index contributed by atoms with van der Waals surface area (Å²) in [6.45, 7) is 20.9. The summed E-state index contributed by atoms with van der Waals surface area (Å²) >= 11 is 0. The molecular weight excluding hydrogens is 384 g/mol. The third kappa shape index (κ3) is 6.89. The predicted octanol–water partition coefficient (Wildman–Crippen LogP) is 2.56. The number of piperidine rings is 2. The van der Waals surface area contributed by atoms with Crippen LogP contribution in [-0.2, 0) is 10.0 Å². The quantitative estimate of drug-likeness (QED) is 0.648. The predicted molar refractivity (Wildman–Crippen MR) is 123 cm³/mol. The van der Waals surface area contributed by atoms with Crippen LogP contribution in [-0.4, -0.2) is 104 Å². The molecule has 3 aliphatic heterocycles. The number of rotatable bonds is 6. The molecule has 0 bridgehead atoms. The van der Waals surface area contributed by atoms with Gasteiger partial charge in [0.2, 0.25) is 10.0 Å². The molecular formula is C22H46N4O2S. The molecule has 0 N–H and O–H groups in total. The lowest BCUT2D eigenvalue weighted by Gasteiger charge is -2.43. The Hall–Kier alpha value is -0.210. The minimum Gasteiger partial charge on any atom is -0.304 e. The van der Waals surface area contributed by atoms with Crippen LogP contribution in [0.5, 0.6) is 0 Å². The number of nitrogens with zero attached hydrogens (tertiary/aromatic N) is 4. The Morgan fingerprint density at radius 2 is 1.34 bits per heavy atom. The van der Waals surface area contributed by atoms with E-state index in [4.69, 9.17) is 0 Å². The number of likely N-dealkylation sites (tertiary alicyclic amines) is 1. The van der Waals surface area contributed by atoms with Gasteiger partial charge in [0.1, 0.15) is 0 Å². The topological polar surface area (TPSA) is 47.1 Å². The van der Waals surface area contributed by atoms with Crippen molar-refractivity contribution in [3.05, 3.63) is 0 Å². The van der Waals surface area contributed by atoms with Crippen molar-refractivity contribution in [2.75, 3.05) is 65.4 Å². The van der Waals surface area contributed by atoms with Crippen LogP contribution in [0.25, 0.3) is 0 Å². The molecule has 0 amide bonds. The highest BCUT2D eigenvalue weighted by Gasteiger charge is 2.33. The second-order valence-corrected chi connectivity index (χ2v) is 11.4. The fraction of sp³-hybridized carbons (Fsp3) is 1.00. The van der Waals surface area contributed by atoms with Crippen molar-refractivity contribution in [2.24, 2.45) is 5.92 Å². The van der Waals surface area contributed by atoms with E-state index in [1.54, 1.807) is 18.2 Å². The molecule has 0 saturated carbocycles. The Morgan fingerprint density at radius 1 is 0.793 bits per heavy atom. The minimum absolute atomic E-state index is 0.304. The number of hydrogen-bond acceptors (Lipinski definition) is 5. The first-order valence-electron chi connectivity index (χ1n) is 12.1. The van der Waals surface area contributed by atoms with Gasteiger partial charge in [-0.2, -0.15) is 0 Å². The lowest BCUT2D eigenvalue weighted by Crippen LogP contribution is -2.54. The Bertz CT molecular complexity index is 545. The Kier molecular flexibility index (Phi) is 10.4. The molecule has 172 valence electrons. The first-order valence-corrected chi connectivity index (χ1v) is 13.6. The van der Waals surface area contributed by atoms with Gasteiger partial charge in [-0.15, -0.1) is 0 Å². The van der Waals surface area contributed by atoms with Crippen LogP contribution < -0.4 is 0 Å². The summed E-state index contributed by atoms with van der Waals surface area (Å²) < 4.78 is 26.4. The second kappa shape index (κ2) is 12.0. The Balaban J connectivity index is 0.00000145. The van der Waals surface area contributed by atoms with Crippen LogP contribution >= 0.6 is 0 Å². The molecule has 6 nitrogen and oxygen atoms in total. The van der Waals surface area contributed by atoms with Crippen molar-refractivity contribution in [1.29, 1.82) is 0 Å². The third-order valence-electron chi connectivity index (χ3n) is 6.97. The van der Waals surface area contributed by atoms with Crippen LogP contribution in [0.2, 0.25) is 0 Å². The van der Waals surface area contributed by atoms with Crippen LogP contribution in [0.15, 0.2) is 0 Å². The maximum atomic E-state index is 12.3. The van der Waals surface area contributed by atoms with Gasteiger partial charge in [0.05, 0.1) is 5.25 Å². The smallest absolute Gasteiger partial charge is 0.216 e. The zero-order valence-electron chi connectivity index (χ0n) is 19.6. The molecule has 3 fully saturated rings. The van der Waals surface area contributed by atoms with E-state index in [2.05, 4.69) is 21.6 Å². The van der Waals surface area contributed by atoms with Gasteiger partial charge in [0.25, 0.3) is 0 Å². The summed E-state index contributed by atoms with van der Waals surface area (Å²) in [6.07, 6.45) is 4.69. The first kappa shape index (κ1) is 25.1. The Labute approximate surface area is 180 Å². The average molecular weight is 431 g/mol. The van der Waals surface area contributed by atoms with E-state index in [1.807, 2.05) is 13.8 Å². The third-order valence-corrected chi connectivity index (χ3v) is 9.25. The summed E-state index contributed by atoms with van der Waals surface area (Å²) in [7, 11) is -3.08. The normalized spacial score (nSPS) is 25.2. The molecule has 0 aliphatic carbocycles. The summed E-state index contributed by atoms with van der Waals surface area (Å²) in [5.41, 5.74) is 0. The van der Waals surface area contributed by atoms with Crippen molar-refractivity contribution in [2.45, 2.75) is 71.6 Å². The molecule has 0 aromatic heterocycles. The fourth-order valence-corrected chi connectivity index (χ4v) is 6.24. The van der Waals surface area contributed by atoms with Crippen molar-refractivity contribution in [3.8, 4) is 0 Å². The second-order valence-electron chi connectivity index (χ2n) is 8.94. The van der Waals surface area contributed by atoms with Crippen LogP contribution in [0.1, 0.15) is 60.3 Å². The lowest BCUT2D eigenvalue weighted by atomic mass is 9.96. The van der Waals surface area contributed by atoms with Crippen molar-refractivity contribution >= 4 is 10.0 Å². The zero-order chi connectivity index (χ0) is 21.4. The van der Waals surface area contributed by atoms with E-state index < -0.39 is 10.0 Å². The van der Waals surface area contributed by atoms with E-state index >= 15 is 0 Å². The van der Waals surface area contributed by atoms with E-state index in [1.165, 1.54) is 52.1 Å². The van der Waals surface area contributed by atoms with E-state index in [0.717, 1.165) is 31.8 Å². The molecule has 3 heterocycles. The lowest BCUT2D eigenvalue weighted by molar-refractivity contribution is 0.0574. The van der Waals surface area contributed by atoms with Gasteiger partial charge in [-0.25, -0.2) is 12.7 Å². The number of hydrogen-bond donors (Lipinski definition) is 0.